The van der Waals surface area contributed by atoms with Gasteiger partial charge in [-0.05, 0) is 52.7 Å². The van der Waals surface area contributed by atoms with Crippen molar-refractivity contribution in [3.05, 3.63) is 18.0 Å². The van der Waals surface area contributed by atoms with E-state index >= 15 is 0 Å². The van der Waals surface area contributed by atoms with Crippen LogP contribution in [0.4, 0.5) is 0 Å². The number of aryl methyl sites for hydroxylation is 1. The van der Waals surface area contributed by atoms with Gasteiger partial charge in [0.2, 0.25) is 0 Å². The second kappa shape index (κ2) is 7.06. The Balaban J connectivity index is 1.78. The minimum atomic E-state index is 0.406. The zero-order valence-corrected chi connectivity index (χ0v) is 12.6. The highest BCUT2D eigenvalue weighted by Crippen LogP contribution is 2.17. The van der Waals surface area contributed by atoms with E-state index in [0.717, 1.165) is 6.54 Å². The predicted molar refractivity (Wildman–Crippen MR) is 79.2 cm³/mol. The van der Waals surface area contributed by atoms with E-state index < -0.39 is 0 Å². The Hall–Kier alpha value is -0.870. The first-order valence-corrected chi connectivity index (χ1v) is 7.73. The van der Waals surface area contributed by atoms with E-state index in [1.807, 2.05) is 10.9 Å². The van der Waals surface area contributed by atoms with Crippen molar-refractivity contribution >= 4 is 0 Å². The van der Waals surface area contributed by atoms with Crippen LogP contribution in [-0.2, 0) is 6.54 Å². The quantitative estimate of drug-likeness (QED) is 0.856. The number of likely N-dealkylation sites (tertiary alicyclic amines) is 1. The monoisotopic (exact) mass is 264 g/mol. The van der Waals surface area contributed by atoms with E-state index in [2.05, 4.69) is 42.3 Å². The van der Waals surface area contributed by atoms with Crippen LogP contribution in [0.3, 0.4) is 0 Å². The Bertz CT molecular complexity index is 366. The molecule has 0 aliphatic carbocycles. The molecule has 1 atom stereocenters. The largest absolute Gasteiger partial charge is 0.307 e. The summed E-state index contributed by atoms with van der Waals surface area (Å²) in [6.07, 6.45) is 7.96. The van der Waals surface area contributed by atoms with Crippen LogP contribution in [-0.4, -0.2) is 40.4 Å². The maximum Gasteiger partial charge on any atom is 0.0537 e. The van der Waals surface area contributed by atoms with Crippen molar-refractivity contribution in [1.82, 2.24) is 20.0 Å². The van der Waals surface area contributed by atoms with Crippen LogP contribution < -0.4 is 5.32 Å². The summed E-state index contributed by atoms with van der Waals surface area (Å²) in [4.78, 5) is 2.58. The van der Waals surface area contributed by atoms with Crippen molar-refractivity contribution in [3.8, 4) is 0 Å². The van der Waals surface area contributed by atoms with E-state index in [1.165, 1.54) is 44.5 Å². The summed E-state index contributed by atoms with van der Waals surface area (Å²) in [5, 5.41) is 8.11. The predicted octanol–water partition coefficient (Wildman–Crippen LogP) is 2.43. The zero-order chi connectivity index (χ0) is 13.7. The maximum atomic E-state index is 4.35. The van der Waals surface area contributed by atoms with E-state index in [1.54, 1.807) is 0 Å². The molecule has 0 spiro atoms. The fraction of sp³-hybridized carbons (Fsp3) is 0.800. The third kappa shape index (κ3) is 4.05. The minimum absolute atomic E-state index is 0.406. The molecule has 4 nitrogen and oxygen atoms in total. The van der Waals surface area contributed by atoms with Gasteiger partial charge in [0, 0.05) is 30.4 Å². The molecule has 0 radical (unpaired) electrons. The number of hydrogen-bond donors (Lipinski definition) is 1. The van der Waals surface area contributed by atoms with Gasteiger partial charge >= 0.3 is 0 Å². The average Bonchev–Trinajstić information content (AvgIpc) is 2.90. The zero-order valence-electron chi connectivity index (χ0n) is 12.6. The summed E-state index contributed by atoms with van der Waals surface area (Å²) in [6.45, 7) is 11.3. The lowest BCUT2D eigenvalue weighted by Crippen LogP contribution is -2.43. The Kier molecular flexibility index (Phi) is 5.40. The summed E-state index contributed by atoms with van der Waals surface area (Å²) >= 11 is 0. The lowest BCUT2D eigenvalue weighted by molar-refractivity contribution is 0.192. The topological polar surface area (TPSA) is 33.1 Å². The molecule has 1 unspecified atom stereocenters. The van der Waals surface area contributed by atoms with Crippen molar-refractivity contribution in [2.24, 2.45) is 0 Å². The Labute approximate surface area is 117 Å². The summed E-state index contributed by atoms with van der Waals surface area (Å²) in [6, 6.07) is 1.07. The first-order valence-electron chi connectivity index (χ1n) is 7.73. The molecule has 0 aromatic carbocycles. The second-order valence-electron chi connectivity index (χ2n) is 5.63. The van der Waals surface area contributed by atoms with Crippen molar-refractivity contribution < 1.29 is 0 Å². The standard InChI is InChI=1S/C15H28N4/c1-4-8-18-9-6-15(7-10-18)17-13(3)14-11-16-19(5-2)12-14/h11-13,15,17H,4-10H2,1-3H3. The normalized spacial score (nSPS) is 19.7. The van der Waals surface area contributed by atoms with Crippen LogP contribution in [0.15, 0.2) is 12.4 Å². The van der Waals surface area contributed by atoms with Crippen molar-refractivity contribution in [1.29, 1.82) is 0 Å². The van der Waals surface area contributed by atoms with Crippen LogP contribution in [0.25, 0.3) is 0 Å². The molecule has 108 valence electrons. The van der Waals surface area contributed by atoms with E-state index in [9.17, 15) is 0 Å². The van der Waals surface area contributed by atoms with Gasteiger partial charge in [0.25, 0.3) is 0 Å². The minimum Gasteiger partial charge on any atom is -0.307 e. The molecule has 0 amide bonds. The molecule has 1 saturated heterocycles. The van der Waals surface area contributed by atoms with Gasteiger partial charge in [0.05, 0.1) is 6.20 Å². The number of piperidine rings is 1. The SMILES string of the molecule is CCCN1CCC(NC(C)c2cnn(CC)c2)CC1. The van der Waals surface area contributed by atoms with Gasteiger partial charge in [-0.1, -0.05) is 6.92 Å². The molecular formula is C15H28N4. The third-order valence-electron chi connectivity index (χ3n) is 4.09. The number of aromatic nitrogens is 2. The molecule has 4 heteroatoms. The highest BCUT2D eigenvalue weighted by atomic mass is 15.3. The molecule has 1 aliphatic rings. The Morgan fingerprint density at radius 3 is 2.68 bits per heavy atom. The highest BCUT2D eigenvalue weighted by molar-refractivity contribution is 5.09. The molecule has 0 saturated carbocycles. The van der Waals surface area contributed by atoms with Crippen molar-refractivity contribution in [2.75, 3.05) is 19.6 Å². The first-order chi connectivity index (χ1) is 9.22. The van der Waals surface area contributed by atoms with Gasteiger partial charge in [-0.3, -0.25) is 4.68 Å². The average molecular weight is 264 g/mol. The molecule has 1 N–H and O–H groups in total. The Morgan fingerprint density at radius 1 is 1.37 bits per heavy atom. The molecule has 1 aromatic heterocycles. The third-order valence-corrected chi connectivity index (χ3v) is 4.09. The number of rotatable bonds is 6. The summed E-state index contributed by atoms with van der Waals surface area (Å²) in [5.74, 6) is 0. The van der Waals surface area contributed by atoms with Gasteiger partial charge in [0.15, 0.2) is 0 Å². The van der Waals surface area contributed by atoms with Crippen molar-refractivity contribution in [3.63, 3.8) is 0 Å². The fourth-order valence-electron chi connectivity index (χ4n) is 2.87. The summed E-state index contributed by atoms with van der Waals surface area (Å²) in [7, 11) is 0. The van der Waals surface area contributed by atoms with E-state index in [4.69, 9.17) is 0 Å². The maximum absolute atomic E-state index is 4.35. The van der Waals surface area contributed by atoms with E-state index in [-0.39, 0.29) is 0 Å². The van der Waals surface area contributed by atoms with Gasteiger partial charge in [-0.25, -0.2) is 0 Å². The van der Waals surface area contributed by atoms with Crippen LogP contribution >= 0.6 is 0 Å². The molecule has 2 heterocycles. The molecule has 2 rings (SSSR count). The molecule has 0 bridgehead atoms. The van der Waals surface area contributed by atoms with Crippen LogP contribution in [0.2, 0.25) is 0 Å². The van der Waals surface area contributed by atoms with E-state index in [0.29, 0.717) is 12.1 Å². The first kappa shape index (κ1) is 14.5. The van der Waals surface area contributed by atoms with Crippen molar-refractivity contribution in [2.45, 2.75) is 58.7 Å². The van der Waals surface area contributed by atoms with Gasteiger partial charge < -0.3 is 10.2 Å². The second-order valence-corrected chi connectivity index (χ2v) is 5.63. The van der Waals surface area contributed by atoms with Gasteiger partial charge in [0.1, 0.15) is 0 Å². The van der Waals surface area contributed by atoms with Crippen LogP contribution in [0, 0.1) is 0 Å². The molecule has 1 aliphatic heterocycles. The lowest BCUT2D eigenvalue weighted by Gasteiger charge is -2.33. The number of nitrogens with one attached hydrogen (secondary N) is 1. The molecule has 1 aromatic rings. The fourth-order valence-corrected chi connectivity index (χ4v) is 2.87. The van der Waals surface area contributed by atoms with Crippen LogP contribution in [0.5, 0.6) is 0 Å². The summed E-state index contributed by atoms with van der Waals surface area (Å²) in [5.41, 5.74) is 1.30. The number of nitrogens with zero attached hydrogens (tertiary/aromatic N) is 3. The molecule has 19 heavy (non-hydrogen) atoms. The Morgan fingerprint density at radius 2 is 2.11 bits per heavy atom. The molecular weight excluding hydrogens is 236 g/mol. The molecule has 1 fully saturated rings. The van der Waals surface area contributed by atoms with Crippen LogP contribution in [0.1, 0.15) is 51.6 Å². The van der Waals surface area contributed by atoms with Gasteiger partial charge in [-0.2, -0.15) is 5.10 Å². The lowest BCUT2D eigenvalue weighted by atomic mass is 10.0. The van der Waals surface area contributed by atoms with Gasteiger partial charge in [-0.15, -0.1) is 0 Å². The summed E-state index contributed by atoms with van der Waals surface area (Å²) < 4.78 is 2.00. The smallest absolute Gasteiger partial charge is 0.0537 e. The highest BCUT2D eigenvalue weighted by Gasteiger charge is 2.20. The number of hydrogen-bond acceptors (Lipinski definition) is 3.